The Morgan fingerprint density at radius 3 is 3.08 bits per heavy atom. The Labute approximate surface area is 82.8 Å². The van der Waals surface area contributed by atoms with Crippen LogP contribution in [0.1, 0.15) is 23.6 Å². The number of rotatable bonds is 1. The third-order valence-electron chi connectivity index (χ3n) is 2.15. The number of hydrogen-bond donors (Lipinski definition) is 1. The van der Waals surface area contributed by atoms with Gasteiger partial charge in [-0.1, -0.05) is 0 Å². The molecule has 1 aliphatic rings. The molecule has 1 aromatic rings. The minimum absolute atomic E-state index is 0. The standard InChI is InChI=1S/C8H12N2S.ClH/c1-2-7(4-9-3-1)8-5-10-6-11-8;/h5-7,9H,1-4H2;1H/t7-;/m0./s1. The van der Waals surface area contributed by atoms with Gasteiger partial charge in [-0.2, -0.15) is 0 Å². The van der Waals surface area contributed by atoms with Crippen molar-refractivity contribution in [1.82, 2.24) is 10.3 Å². The third kappa shape index (κ3) is 2.19. The SMILES string of the molecule is Cl.c1ncc([C@H]2CCCNC2)s1. The molecular weight excluding hydrogens is 192 g/mol. The van der Waals surface area contributed by atoms with Crippen molar-refractivity contribution >= 4 is 23.7 Å². The summed E-state index contributed by atoms with van der Waals surface area (Å²) in [5.74, 6) is 0.733. The van der Waals surface area contributed by atoms with Crippen LogP contribution in [0.25, 0.3) is 0 Å². The number of nitrogens with one attached hydrogen (secondary N) is 1. The van der Waals surface area contributed by atoms with Gasteiger partial charge in [0.1, 0.15) is 0 Å². The highest BCUT2D eigenvalue weighted by Gasteiger charge is 2.15. The fourth-order valence-electron chi connectivity index (χ4n) is 1.52. The minimum Gasteiger partial charge on any atom is -0.316 e. The number of nitrogens with zero attached hydrogens (tertiary/aromatic N) is 1. The normalized spacial score (nSPS) is 23.2. The first kappa shape index (κ1) is 9.96. The Balaban J connectivity index is 0.000000720. The lowest BCUT2D eigenvalue weighted by atomic mass is 9.99. The molecule has 1 fully saturated rings. The summed E-state index contributed by atoms with van der Waals surface area (Å²) < 4.78 is 0. The highest BCUT2D eigenvalue weighted by atomic mass is 35.5. The molecule has 1 N–H and O–H groups in total. The monoisotopic (exact) mass is 204 g/mol. The molecule has 68 valence electrons. The third-order valence-corrected chi connectivity index (χ3v) is 3.09. The van der Waals surface area contributed by atoms with E-state index in [9.17, 15) is 0 Å². The van der Waals surface area contributed by atoms with Gasteiger partial charge in [-0.05, 0) is 19.4 Å². The fraction of sp³-hybridized carbons (Fsp3) is 0.625. The van der Waals surface area contributed by atoms with E-state index in [-0.39, 0.29) is 12.4 Å². The predicted molar refractivity (Wildman–Crippen MR) is 54.2 cm³/mol. The minimum atomic E-state index is 0. The van der Waals surface area contributed by atoms with E-state index in [1.165, 1.54) is 24.3 Å². The highest BCUT2D eigenvalue weighted by Crippen LogP contribution is 2.25. The molecule has 1 aromatic heterocycles. The van der Waals surface area contributed by atoms with Gasteiger partial charge in [-0.25, -0.2) is 0 Å². The number of halogens is 1. The van der Waals surface area contributed by atoms with E-state index in [2.05, 4.69) is 10.3 Å². The maximum absolute atomic E-state index is 4.09. The first-order valence-electron chi connectivity index (χ1n) is 4.06. The molecule has 2 heterocycles. The van der Waals surface area contributed by atoms with Crippen LogP contribution < -0.4 is 5.32 Å². The van der Waals surface area contributed by atoms with Gasteiger partial charge < -0.3 is 5.32 Å². The number of aromatic nitrogens is 1. The van der Waals surface area contributed by atoms with Gasteiger partial charge >= 0.3 is 0 Å². The van der Waals surface area contributed by atoms with Crippen molar-refractivity contribution in [2.45, 2.75) is 18.8 Å². The molecule has 2 nitrogen and oxygen atoms in total. The summed E-state index contributed by atoms with van der Waals surface area (Å²) in [6.45, 7) is 2.33. The highest BCUT2D eigenvalue weighted by molar-refractivity contribution is 7.09. The van der Waals surface area contributed by atoms with Crippen molar-refractivity contribution in [1.29, 1.82) is 0 Å². The van der Waals surface area contributed by atoms with Gasteiger partial charge in [0, 0.05) is 23.5 Å². The molecule has 0 aromatic carbocycles. The van der Waals surface area contributed by atoms with Crippen molar-refractivity contribution in [3.05, 3.63) is 16.6 Å². The number of thiazole rings is 1. The van der Waals surface area contributed by atoms with E-state index in [1.54, 1.807) is 11.3 Å². The summed E-state index contributed by atoms with van der Waals surface area (Å²) in [6.07, 6.45) is 4.64. The van der Waals surface area contributed by atoms with Gasteiger partial charge in [0.25, 0.3) is 0 Å². The van der Waals surface area contributed by atoms with Crippen LogP contribution in [0.15, 0.2) is 11.7 Å². The van der Waals surface area contributed by atoms with Crippen molar-refractivity contribution in [2.75, 3.05) is 13.1 Å². The molecule has 1 saturated heterocycles. The summed E-state index contributed by atoms with van der Waals surface area (Å²) in [4.78, 5) is 5.53. The topological polar surface area (TPSA) is 24.9 Å². The van der Waals surface area contributed by atoms with Crippen LogP contribution in [0.5, 0.6) is 0 Å². The molecule has 2 rings (SSSR count). The Morgan fingerprint density at radius 2 is 2.50 bits per heavy atom. The zero-order valence-corrected chi connectivity index (χ0v) is 8.46. The maximum atomic E-state index is 4.09. The smallest absolute Gasteiger partial charge is 0.0794 e. The number of piperidine rings is 1. The second-order valence-electron chi connectivity index (χ2n) is 2.95. The number of hydrogen-bond acceptors (Lipinski definition) is 3. The Bertz CT molecular complexity index is 207. The van der Waals surface area contributed by atoms with E-state index in [1.807, 2.05) is 11.7 Å². The van der Waals surface area contributed by atoms with Crippen LogP contribution in [0, 0.1) is 0 Å². The zero-order chi connectivity index (χ0) is 7.52. The van der Waals surface area contributed by atoms with Crippen molar-refractivity contribution < 1.29 is 0 Å². The molecule has 0 amide bonds. The summed E-state index contributed by atoms with van der Waals surface area (Å²) in [5, 5.41) is 3.40. The van der Waals surface area contributed by atoms with E-state index < -0.39 is 0 Å². The quantitative estimate of drug-likeness (QED) is 0.758. The van der Waals surface area contributed by atoms with Gasteiger partial charge in [0.05, 0.1) is 5.51 Å². The van der Waals surface area contributed by atoms with Crippen LogP contribution in [0.4, 0.5) is 0 Å². The van der Waals surface area contributed by atoms with E-state index in [0.29, 0.717) is 0 Å². The molecule has 0 spiro atoms. The van der Waals surface area contributed by atoms with Crippen molar-refractivity contribution in [3.63, 3.8) is 0 Å². The molecule has 1 aliphatic heterocycles. The molecule has 0 radical (unpaired) electrons. The summed E-state index contributed by atoms with van der Waals surface area (Å²) in [5.41, 5.74) is 1.92. The molecule has 0 bridgehead atoms. The van der Waals surface area contributed by atoms with Gasteiger partial charge in [0.15, 0.2) is 0 Å². The van der Waals surface area contributed by atoms with Crippen LogP contribution in [-0.2, 0) is 0 Å². The molecular formula is C8H13ClN2S. The zero-order valence-electron chi connectivity index (χ0n) is 6.82. The average Bonchev–Trinajstić information content (AvgIpc) is 2.58. The summed E-state index contributed by atoms with van der Waals surface area (Å²) >= 11 is 1.78. The first-order valence-corrected chi connectivity index (χ1v) is 4.94. The van der Waals surface area contributed by atoms with Crippen molar-refractivity contribution in [3.8, 4) is 0 Å². The van der Waals surface area contributed by atoms with E-state index >= 15 is 0 Å². The van der Waals surface area contributed by atoms with Crippen LogP contribution >= 0.6 is 23.7 Å². The second kappa shape index (κ2) is 4.80. The van der Waals surface area contributed by atoms with Crippen LogP contribution in [0.3, 0.4) is 0 Å². The second-order valence-corrected chi connectivity index (χ2v) is 3.87. The maximum Gasteiger partial charge on any atom is 0.0794 e. The molecule has 12 heavy (non-hydrogen) atoms. The molecule has 0 saturated carbocycles. The van der Waals surface area contributed by atoms with Gasteiger partial charge in [-0.3, -0.25) is 4.98 Å². The van der Waals surface area contributed by atoms with E-state index in [4.69, 9.17) is 0 Å². The predicted octanol–water partition coefficient (Wildman–Crippen LogP) is 2.03. The lowest BCUT2D eigenvalue weighted by Crippen LogP contribution is -2.27. The van der Waals surface area contributed by atoms with Gasteiger partial charge in [-0.15, -0.1) is 23.7 Å². The Kier molecular flexibility index (Phi) is 3.98. The average molecular weight is 205 g/mol. The lowest BCUT2D eigenvalue weighted by molar-refractivity contribution is 0.466. The molecule has 0 aliphatic carbocycles. The Hall–Kier alpha value is -0.120. The fourth-order valence-corrected chi connectivity index (χ4v) is 2.28. The van der Waals surface area contributed by atoms with Crippen LogP contribution in [-0.4, -0.2) is 18.1 Å². The first-order chi connectivity index (χ1) is 5.47. The van der Waals surface area contributed by atoms with E-state index in [0.717, 1.165) is 12.5 Å². The van der Waals surface area contributed by atoms with Crippen molar-refractivity contribution in [2.24, 2.45) is 0 Å². The summed E-state index contributed by atoms with van der Waals surface area (Å²) in [6, 6.07) is 0. The summed E-state index contributed by atoms with van der Waals surface area (Å²) in [7, 11) is 0. The lowest BCUT2D eigenvalue weighted by Gasteiger charge is -2.20. The van der Waals surface area contributed by atoms with Crippen LogP contribution in [0.2, 0.25) is 0 Å². The molecule has 0 unspecified atom stereocenters. The Morgan fingerprint density at radius 1 is 1.58 bits per heavy atom. The van der Waals surface area contributed by atoms with Gasteiger partial charge in [0.2, 0.25) is 0 Å². The molecule has 4 heteroatoms. The largest absolute Gasteiger partial charge is 0.316 e. The molecule has 1 atom stereocenters.